The van der Waals surface area contributed by atoms with Crippen LogP contribution in [0.5, 0.6) is 0 Å². The lowest BCUT2D eigenvalue weighted by molar-refractivity contribution is -0.132. The lowest BCUT2D eigenvalue weighted by Gasteiger charge is -2.32. The Morgan fingerprint density at radius 3 is 2.76 bits per heavy atom. The third-order valence-corrected chi connectivity index (χ3v) is 4.19. The fourth-order valence-corrected chi connectivity index (χ4v) is 2.81. The first-order chi connectivity index (χ1) is 10.1. The molecule has 1 amide bonds. The molecule has 1 fully saturated rings. The maximum Gasteiger partial charge on any atom is 0.236 e. The number of hydrogen-bond acceptors (Lipinski definition) is 3. The molecule has 0 bridgehead atoms. The van der Waals surface area contributed by atoms with Crippen LogP contribution in [0.25, 0.3) is 0 Å². The SMILES string of the molecule is Cc1ccc(CN(C)C(=O)CN2CCCC(CO)C2)cc1. The van der Waals surface area contributed by atoms with Crippen LogP contribution in [0, 0.1) is 12.8 Å². The first-order valence-electron chi connectivity index (χ1n) is 7.71. The molecular formula is C17H26N2O2. The molecule has 1 aromatic rings. The second-order valence-electron chi connectivity index (χ2n) is 6.16. The lowest BCUT2D eigenvalue weighted by Crippen LogP contribution is -2.43. The fraction of sp³-hybridized carbons (Fsp3) is 0.588. The highest BCUT2D eigenvalue weighted by Crippen LogP contribution is 2.15. The van der Waals surface area contributed by atoms with E-state index in [1.165, 1.54) is 5.56 Å². The molecule has 21 heavy (non-hydrogen) atoms. The van der Waals surface area contributed by atoms with E-state index in [1.807, 2.05) is 7.05 Å². The molecule has 1 heterocycles. The quantitative estimate of drug-likeness (QED) is 0.897. The topological polar surface area (TPSA) is 43.8 Å². The van der Waals surface area contributed by atoms with E-state index >= 15 is 0 Å². The molecule has 116 valence electrons. The second-order valence-corrected chi connectivity index (χ2v) is 6.16. The Kier molecular flexibility index (Phi) is 5.76. The molecule has 0 saturated carbocycles. The smallest absolute Gasteiger partial charge is 0.236 e. The van der Waals surface area contributed by atoms with Crippen LogP contribution in [0.2, 0.25) is 0 Å². The van der Waals surface area contributed by atoms with E-state index in [4.69, 9.17) is 0 Å². The minimum absolute atomic E-state index is 0.147. The summed E-state index contributed by atoms with van der Waals surface area (Å²) in [6.07, 6.45) is 2.14. The number of aliphatic hydroxyl groups excluding tert-OH is 1. The Labute approximate surface area is 127 Å². The molecular weight excluding hydrogens is 264 g/mol. The van der Waals surface area contributed by atoms with Gasteiger partial charge in [-0.25, -0.2) is 0 Å². The summed E-state index contributed by atoms with van der Waals surface area (Å²) in [5.74, 6) is 0.475. The highest BCUT2D eigenvalue weighted by Gasteiger charge is 2.22. The van der Waals surface area contributed by atoms with Crippen LogP contribution >= 0.6 is 0 Å². The Morgan fingerprint density at radius 2 is 2.10 bits per heavy atom. The predicted molar refractivity (Wildman–Crippen MR) is 83.9 cm³/mol. The zero-order chi connectivity index (χ0) is 15.2. The van der Waals surface area contributed by atoms with E-state index in [0.717, 1.165) is 31.5 Å². The van der Waals surface area contributed by atoms with Gasteiger partial charge in [0.05, 0.1) is 6.54 Å². The zero-order valence-corrected chi connectivity index (χ0v) is 13.1. The van der Waals surface area contributed by atoms with Gasteiger partial charge in [-0.05, 0) is 37.8 Å². The van der Waals surface area contributed by atoms with Gasteiger partial charge < -0.3 is 10.0 Å². The standard InChI is InChI=1S/C17H26N2O2/c1-14-5-7-15(8-6-14)10-18(2)17(21)12-19-9-3-4-16(11-19)13-20/h5-8,16,20H,3-4,9-13H2,1-2H3. The summed E-state index contributed by atoms with van der Waals surface area (Å²) < 4.78 is 0. The average molecular weight is 290 g/mol. The van der Waals surface area contributed by atoms with Crippen molar-refractivity contribution < 1.29 is 9.90 Å². The van der Waals surface area contributed by atoms with Crippen molar-refractivity contribution in [2.45, 2.75) is 26.3 Å². The number of aryl methyl sites for hydroxylation is 1. The van der Waals surface area contributed by atoms with Crippen LogP contribution in [-0.4, -0.2) is 54.1 Å². The molecule has 1 aliphatic heterocycles. The summed E-state index contributed by atoms with van der Waals surface area (Å²) in [5, 5.41) is 9.25. The Hall–Kier alpha value is -1.39. The number of likely N-dealkylation sites (tertiary alicyclic amines) is 1. The normalized spacial score (nSPS) is 19.5. The van der Waals surface area contributed by atoms with Crippen molar-refractivity contribution in [3.05, 3.63) is 35.4 Å². The first-order valence-corrected chi connectivity index (χ1v) is 7.71. The molecule has 1 aromatic carbocycles. The number of likely N-dealkylation sites (N-methyl/N-ethyl adjacent to an activating group) is 1. The van der Waals surface area contributed by atoms with Gasteiger partial charge in [-0.1, -0.05) is 29.8 Å². The third kappa shape index (κ3) is 4.83. The molecule has 0 aliphatic carbocycles. The zero-order valence-electron chi connectivity index (χ0n) is 13.1. The van der Waals surface area contributed by atoms with E-state index in [0.29, 0.717) is 19.0 Å². The number of aliphatic hydroxyl groups is 1. The van der Waals surface area contributed by atoms with Gasteiger partial charge in [0.25, 0.3) is 0 Å². The lowest BCUT2D eigenvalue weighted by atomic mass is 9.99. The van der Waals surface area contributed by atoms with Gasteiger partial charge in [0.1, 0.15) is 0 Å². The first kappa shape index (κ1) is 16.0. The number of carbonyl (C=O) groups excluding carboxylic acids is 1. The number of piperidine rings is 1. The van der Waals surface area contributed by atoms with Gasteiger partial charge in [0.2, 0.25) is 5.91 Å². The number of benzene rings is 1. The van der Waals surface area contributed by atoms with Crippen LogP contribution < -0.4 is 0 Å². The molecule has 1 N–H and O–H groups in total. The van der Waals surface area contributed by atoms with Crippen LogP contribution in [0.4, 0.5) is 0 Å². The molecule has 4 heteroatoms. The van der Waals surface area contributed by atoms with Crippen molar-refractivity contribution in [1.82, 2.24) is 9.80 Å². The highest BCUT2D eigenvalue weighted by atomic mass is 16.3. The monoisotopic (exact) mass is 290 g/mol. The maximum atomic E-state index is 12.3. The minimum atomic E-state index is 0.147. The summed E-state index contributed by atoms with van der Waals surface area (Å²) >= 11 is 0. The summed E-state index contributed by atoms with van der Waals surface area (Å²) in [6, 6.07) is 8.29. The Balaban J connectivity index is 1.83. The number of amides is 1. The van der Waals surface area contributed by atoms with Crippen molar-refractivity contribution in [3.8, 4) is 0 Å². The molecule has 4 nitrogen and oxygen atoms in total. The number of rotatable bonds is 5. The van der Waals surface area contributed by atoms with E-state index in [1.54, 1.807) is 4.90 Å². The summed E-state index contributed by atoms with van der Waals surface area (Å²) in [4.78, 5) is 16.2. The number of carbonyl (C=O) groups is 1. The van der Waals surface area contributed by atoms with E-state index in [-0.39, 0.29) is 12.5 Å². The van der Waals surface area contributed by atoms with Crippen molar-refractivity contribution in [2.24, 2.45) is 5.92 Å². The largest absolute Gasteiger partial charge is 0.396 e. The summed E-state index contributed by atoms with van der Waals surface area (Å²) in [5.41, 5.74) is 2.39. The van der Waals surface area contributed by atoms with Gasteiger partial charge in [-0.3, -0.25) is 9.69 Å². The molecule has 1 saturated heterocycles. The van der Waals surface area contributed by atoms with Gasteiger partial charge in [-0.15, -0.1) is 0 Å². The molecule has 1 unspecified atom stereocenters. The Bertz CT molecular complexity index is 458. The van der Waals surface area contributed by atoms with Crippen molar-refractivity contribution in [3.63, 3.8) is 0 Å². The van der Waals surface area contributed by atoms with Gasteiger partial charge in [0.15, 0.2) is 0 Å². The minimum Gasteiger partial charge on any atom is -0.396 e. The van der Waals surface area contributed by atoms with Crippen LogP contribution in [0.1, 0.15) is 24.0 Å². The third-order valence-electron chi connectivity index (χ3n) is 4.19. The van der Waals surface area contributed by atoms with Crippen molar-refractivity contribution >= 4 is 5.91 Å². The van der Waals surface area contributed by atoms with Gasteiger partial charge in [0, 0.05) is 26.7 Å². The highest BCUT2D eigenvalue weighted by molar-refractivity contribution is 5.78. The van der Waals surface area contributed by atoms with Crippen LogP contribution in [0.3, 0.4) is 0 Å². The summed E-state index contributed by atoms with van der Waals surface area (Å²) in [6.45, 7) is 5.19. The molecule has 1 atom stereocenters. The number of nitrogens with zero attached hydrogens (tertiary/aromatic N) is 2. The Morgan fingerprint density at radius 1 is 1.38 bits per heavy atom. The molecule has 0 spiro atoms. The molecule has 0 radical (unpaired) electrons. The van der Waals surface area contributed by atoms with E-state index in [9.17, 15) is 9.90 Å². The summed E-state index contributed by atoms with van der Waals surface area (Å²) in [7, 11) is 1.86. The number of hydrogen-bond donors (Lipinski definition) is 1. The average Bonchev–Trinajstić information content (AvgIpc) is 2.49. The van der Waals surface area contributed by atoms with E-state index in [2.05, 4.69) is 36.1 Å². The van der Waals surface area contributed by atoms with Crippen molar-refractivity contribution in [1.29, 1.82) is 0 Å². The molecule has 0 aromatic heterocycles. The van der Waals surface area contributed by atoms with Crippen molar-refractivity contribution in [2.75, 3.05) is 33.3 Å². The van der Waals surface area contributed by atoms with E-state index < -0.39 is 0 Å². The molecule has 1 aliphatic rings. The fourth-order valence-electron chi connectivity index (χ4n) is 2.81. The molecule has 2 rings (SSSR count). The van der Waals surface area contributed by atoms with Crippen LogP contribution in [0.15, 0.2) is 24.3 Å². The van der Waals surface area contributed by atoms with Crippen LogP contribution in [-0.2, 0) is 11.3 Å². The van der Waals surface area contributed by atoms with Gasteiger partial charge >= 0.3 is 0 Å². The predicted octanol–water partition coefficient (Wildman–Crippen LogP) is 1.66. The van der Waals surface area contributed by atoms with Gasteiger partial charge in [-0.2, -0.15) is 0 Å². The maximum absolute atomic E-state index is 12.3. The second kappa shape index (κ2) is 7.57.